The molecule has 0 aromatic rings. The van der Waals surface area contributed by atoms with Crippen molar-refractivity contribution in [1.82, 2.24) is 9.80 Å². The van der Waals surface area contributed by atoms with Crippen molar-refractivity contribution in [1.29, 1.82) is 0 Å². The van der Waals surface area contributed by atoms with Crippen LogP contribution in [0.15, 0.2) is 0 Å². The smallest absolute Gasteiger partial charge is 0.320 e. The molecule has 5 nitrogen and oxygen atoms in total. The zero-order valence-electron chi connectivity index (χ0n) is 13.8. The number of rotatable bonds is 6. The van der Waals surface area contributed by atoms with E-state index in [1.165, 1.54) is 12.8 Å². The van der Waals surface area contributed by atoms with E-state index in [4.69, 9.17) is 5.11 Å². The molecule has 1 rings (SSSR count). The summed E-state index contributed by atoms with van der Waals surface area (Å²) < 4.78 is 0. The van der Waals surface area contributed by atoms with Gasteiger partial charge in [-0.3, -0.25) is 4.79 Å². The molecule has 0 aromatic carbocycles. The number of carboxylic acids is 1. The molecular weight excluding hydrogens is 268 g/mol. The van der Waals surface area contributed by atoms with Crippen LogP contribution in [0.2, 0.25) is 0 Å². The third kappa shape index (κ3) is 5.56. The van der Waals surface area contributed by atoms with Crippen LogP contribution in [0.25, 0.3) is 0 Å². The molecule has 0 aliphatic heterocycles. The second-order valence-electron chi connectivity index (χ2n) is 6.60. The van der Waals surface area contributed by atoms with E-state index in [2.05, 4.69) is 6.92 Å². The first-order valence-corrected chi connectivity index (χ1v) is 8.08. The molecule has 0 heterocycles. The van der Waals surface area contributed by atoms with Gasteiger partial charge in [-0.05, 0) is 39.0 Å². The maximum Gasteiger partial charge on any atom is 0.320 e. The number of carboxylic acid groups (broad SMARTS) is 1. The van der Waals surface area contributed by atoms with Gasteiger partial charge in [0.15, 0.2) is 0 Å². The highest BCUT2D eigenvalue weighted by Crippen LogP contribution is 2.27. The van der Waals surface area contributed by atoms with Crippen molar-refractivity contribution in [3.63, 3.8) is 0 Å². The van der Waals surface area contributed by atoms with E-state index in [9.17, 15) is 9.59 Å². The van der Waals surface area contributed by atoms with Crippen molar-refractivity contribution in [3.05, 3.63) is 0 Å². The van der Waals surface area contributed by atoms with Gasteiger partial charge in [0.05, 0.1) is 0 Å². The number of nitrogens with zero attached hydrogens (tertiary/aromatic N) is 2. The number of hydrogen-bond acceptors (Lipinski definition) is 2. The number of hydrogen-bond donors (Lipinski definition) is 1. The molecule has 2 unspecified atom stereocenters. The summed E-state index contributed by atoms with van der Waals surface area (Å²) in [6.45, 7) is 6.72. The SMILES string of the molecule is CC1CCCC(N(C)C(=O)N(CCCC(=O)O)C(C)C)C1. The van der Waals surface area contributed by atoms with Crippen molar-refractivity contribution in [2.24, 2.45) is 5.92 Å². The second kappa shape index (κ2) is 8.25. The fraction of sp³-hybridized carbons (Fsp3) is 0.875. The highest BCUT2D eigenvalue weighted by molar-refractivity contribution is 5.75. The van der Waals surface area contributed by atoms with Crippen molar-refractivity contribution in [2.75, 3.05) is 13.6 Å². The number of carbonyl (C=O) groups excluding carboxylic acids is 1. The Labute approximate surface area is 128 Å². The first-order valence-electron chi connectivity index (χ1n) is 8.08. The summed E-state index contributed by atoms with van der Waals surface area (Å²) >= 11 is 0. The Hall–Kier alpha value is -1.26. The van der Waals surface area contributed by atoms with Gasteiger partial charge in [0, 0.05) is 32.1 Å². The average Bonchev–Trinajstić information content (AvgIpc) is 2.41. The van der Waals surface area contributed by atoms with E-state index >= 15 is 0 Å². The summed E-state index contributed by atoms with van der Waals surface area (Å²) in [5.41, 5.74) is 0. The van der Waals surface area contributed by atoms with Crippen molar-refractivity contribution >= 4 is 12.0 Å². The number of amides is 2. The normalized spacial score (nSPS) is 22.1. The molecule has 1 N–H and O–H groups in total. The molecule has 1 aliphatic rings. The minimum atomic E-state index is -0.805. The fourth-order valence-corrected chi connectivity index (χ4v) is 3.09. The Morgan fingerprint density at radius 1 is 1.29 bits per heavy atom. The molecule has 1 saturated carbocycles. The van der Waals surface area contributed by atoms with E-state index < -0.39 is 5.97 Å². The summed E-state index contributed by atoms with van der Waals surface area (Å²) in [6.07, 6.45) is 5.21. The molecule has 21 heavy (non-hydrogen) atoms. The predicted molar refractivity (Wildman–Crippen MR) is 83.3 cm³/mol. The molecule has 1 fully saturated rings. The largest absolute Gasteiger partial charge is 0.481 e. The zero-order valence-corrected chi connectivity index (χ0v) is 13.8. The third-order valence-electron chi connectivity index (χ3n) is 4.42. The van der Waals surface area contributed by atoms with Gasteiger partial charge in [-0.1, -0.05) is 19.8 Å². The summed E-state index contributed by atoms with van der Waals surface area (Å²) in [4.78, 5) is 27.0. The van der Waals surface area contributed by atoms with Gasteiger partial charge < -0.3 is 14.9 Å². The maximum atomic E-state index is 12.7. The molecule has 1 aliphatic carbocycles. The molecule has 0 saturated heterocycles. The van der Waals surface area contributed by atoms with E-state index in [1.807, 2.05) is 25.8 Å². The van der Waals surface area contributed by atoms with E-state index in [0.29, 0.717) is 24.9 Å². The minimum Gasteiger partial charge on any atom is -0.481 e. The monoisotopic (exact) mass is 298 g/mol. The Bertz CT molecular complexity index is 357. The van der Waals surface area contributed by atoms with Crippen LogP contribution in [0, 0.1) is 5.92 Å². The van der Waals surface area contributed by atoms with Gasteiger partial charge in [-0.15, -0.1) is 0 Å². The number of urea groups is 1. The van der Waals surface area contributed by atoms with Crippen molar-refractivity contribution in [2.45, 2.75) is 71.4 Å². The van der Waals surface area contributed by atoms with Crippen molar-refractivity contribution in [3.8, 4) is 0 Å². The molecule has 0 radical (unpaired) electrons. The van der Waals surface area contributed by atoms with Gasteiger partial charge >= 0.3 is 12.0 Å². The summed E-state index contributed by atoms with van der Waals surface area (Å²) in [5, 5.41) is 8.73. The Morgan fingerprint density at radius 3 is 2.48 bits per heavy atom. The lowest BCUT2D eigenvalue weighted by molar-refractivity contribution is -0.137. The zero-order chi connectivity index (χ0) is 16.0. The number of carbonyl (C=O) groups is 2. The van der Waals surface area contributed by atoms with Gasteiger partial charge in [0.25, 0.3) is 0 Å². The molecule has 5 heteroatoms. The summed E-state index contributed by atoms with van der Waals surface area (Å²) in [5.74, 6) is -0.126. The molecule has 2 amide bonds. The summed E-state index contributed by atoms with van der Waals surface area (Å²) in [6, 6.07) is 0.450. The first kappa shape index (κ1) is 17.8. The second-order valence-corrected chi connectivity index (χ2v) is 6.60. The van der Waals surface area contributed by atoms with Gasteiger partial charge in [0.2, 0.25) is 0 Å². The van der Waals surface area contributed by atoms with Crippen LogP contribution in [-0.4, -0.2) is 52.6 Å². The van der Waals surface area contributed by atoms with Crippen LogP contribution >= 0.6 is 0 Å². The third-order valence-corrected chi connectivity index (χ3v) is 4.42. The van der Waals surface area contributed by atoms with Gasteiger partial charge in [-0.25, -0.2) is 4.79 Å². The lowest BCUT2D eigenvalue weighted by Gasteiger charge is -2.38. The quantitative estimate of drug-likeness (QED) is 0.819. The Kier molecular flexibility index (Phi) is 6.99. The molecule has 0 spiro atoms. The van der Waals surface area contributed by atoms with E-state index in [0.717, 1.165) is 12.8 Å². The number of aliphatic carboxylic acids is 1. The minimum absolute atomic E-state index is 0.0366. The van der Waals surface area contributed by atoms with Crippen LogP contribution in [0.5, 0.6) is 0 Å². The van der Waals surface area contributed by atoms with Crippen molar-refractivity contribution < 1.29 is 14.7 Å². The maximum absolute atomic E-state index is 12.7. The van der Waals surface area contributed by atoms with Crippen LogP contribution in [0.3, 0.4) is 0 Å². The molecule has 0 aromatic heterocycles. The summed E-state index contributed by atoms with van der Waals surface area (Å²) in [7, 11) is 1.89. The Balaban J connectivity index is 2.59. The van der Waals surface area contributed by atoms with E-state index in [-0.39, 0.29) is 18.5 Å². The average molecular weight is 298 g/mol. The molecular formula is C16H30N2O3. The standard InChI is InChI=1S/C16H30N2O3/c1-12(2)18(10-6-9-15(19)20)16(21)17(4)14-8-5-7-13(3)11-14/h12-14H,5-11H2,1-4H3,(H,19,20). The van der Waals surface area contributed by atoms with E-state index in [1.54, 1.807) is 4.90 Å². The lowest BCUT2D eigenvalue weighted by atomic mass is 9.86. The highest BCUT2D eigenvalue weighted by Gasteiger charge is 2.29. The topological polar surface area (TPSA) is 60.9 Å². The van der Waals surface area contributed by atoms with Crippen LogP contribution < -0.4 is 0 Å². The predicted octanol–water partition coefficient (Wildman–Crippen LogP) is 3.19. The highest BCUT2D eigenvalue weighted by atomic mass is 16.4. The first-order chi connectivity index (χ1) is 9.82. The molecule has 2 atom stereocenters. The van der Waals surface area contributed by atoms with Crippen LogP contribution in [-0.2, 0) is 4.79 Å². The fourth-order valence-electron chi connectivity index (χ4n) is 3.09. The lowest BCUT2D eigenvalue weighted by Crippen LogP contribution is -2.50. The van der Waals surface area contributed by atoms with Crippen LogP contribution in [0.1, 0.15) is 59.3 Å². The van der Waals surface area contributed by atoms with Gasteiger partial charge in [0.1, 0.15) is 0 Å². The van der Waals surface area contributed by atoms with Crippen LogP contribution in [0.4, 0.5) is 4.79 Å². The molecule has 122 valence electrons. The van der Waals surface area contributed by atoms with Gasteiger partial charge in [-0.2, -0.15) is 0 Å². The molecule has 0 bridgehead atoms. The Morgan fingerprint density at radius 2 is 1.95 bits per heavy atom.